The standard InChI is InChI=1S/C15H20N6O2/c1-11-17-5-6-21(11)8-15(22)20-12-3-7-23-9-13(12)19-14-2-4-16-10-18-14/h2,4-6,10,12-13H,3,7-9H2,1H3,(H,20,22)(H,16,18,19)/t12-,13+/m0/s1. The molecule has 1 saturated heterocycles. The third-order valence-corrected chi connectivity index (χ3v) is 3.86. The maximum Gasteiger partial charge on any atom is 0.240 e. The topological polar surface area (TPSA) is 94.0 Å². The van der Waals surface area contributed by atoms with E-state index in [4.69, 9.17) is 4.74 Å². The lowest BCUT2D eigenvalue weighted by Gasteiger charge is -2.33. The van der Waals surface area contributed by atoms with Crippen molar-refractivity contribution in [1.29, 1.82) is 0 Å². The minimum atomic E-state index is -0.0347. The largest absolute Gasteiger partial charge is 0.379 e. The monoisotopic (exact) mass is 316 g/mol. The van der Waals surface area contributed by atoms with Crippen LogP contribution in [0.3, 0.4) is 0 Å². The van der Waals surface area contributed by atoms with Crippen molar-refractivity contribution in [2.45, 2.75) is 32.0 Å². The second kappa shape index (κ2) is 7.19. The van der Waals surface area contributed by atoms with Crippen LogP contribution in [0.15, 0.2) is 31.0 Å². The number of amides is 1. The Morgan fingerprint density at radius 1 is 1.39 bits per heavy atom. The summed E-state index contributed by atoms with van der Waals surface area (Å²) in [5.74, 6) is 1.51. The molecule has 0 unspecified atom stereocenters. The zero-order valence-electron chi connectivity index (χ0n) is 13.0. The van der Waals surface area contributed by atoms with E-state index < -0.39 is 0 Å². The SMILES string of the molecule is Cc1nccn1CC(=O)N[C@H]1CCOC[C@H]1Nc1ccncn1. The summed E-state index contributed by atoms with van der Waals surface area (Å²) in [5, 5.41) is 6.38. The summed E-state index contributed by atoms with van der Waals surface area (Å²) in [7, 11) is 0. The molecular formula is C15H20N6O2. The highest BCUT2D eigenvalue weighted by atomic mass is 16.5. The van der Waals surface area contributed by atoms with E-state index >= 15 is 0 Å². The maximum absolute atomic E-state index is 12.3. The van der Waals surface area contributed by atoms with Crippen LogP contribution in [-0.2, 0) is 16.1 Å². The normalized spacial score (nSPS) is 20.9. The predicted molar refractivity (Wildman–Crippen MR) is 83.8 cm³/mol. The van der Waals surface area contributed by atoms with Gasteiger partial charge in [-0.2, -0.15) is 0 Å². The van der Waals surface area contributed by atoms with E-state index in [1.165, 1.54) is 6.33 Å². The molecule has 1 fully saturated rings. The summed E-state index contributed by atoms with van der Waals surface area (Å²) >= 11 is 0. The maximum atomic E-state index is 12.3. The number of hydrogen-bond donors (Lipinski definition) is 2. The van der Waals surface area contributed by atoms with E-state index in [1.54, 1.807) is 24.7 Å². The summed E-state index contributed by atoms with van der Waals surface area (Å²) in [6, 6.07) is 1.77. The molecule has 0 bridgehead atoms. The summed E-state index contributed by atoms with van der Waals surface area (Å²) in [5.41, 5.74) is 0. The van der Waals surface area contributed by atoms with Crippen LogP contribution >= 0.6 is 0 Å². The first kappa shape index (κ1) is 15.4. The number of aryl methyl sites for hydroxylation is 1. The molecule has 0 saturated carbocycles. The lowest BCUT2D eigenvalue weighted by Crippen LogP contribution is -2.52. The molecule has 0 radical (unpaired) electrons. The molecule has 1 amide bonds. The van der Waals surface area contributed by atoms with Gasteiger partial charge in [0.1, 0.15) is 24.5 Å². The Bertz CT molecular complexity index is 644. The molecule has 122 valence electrons. The van der Waals surface area contributed by atoms with Crippen LogP contribution in [0.4, 0.5) is 5.82 Å². The Kier molecular flexibility index (Phi) is 4.82. The lowest BCUT2D eigenvalue weighted by molar-refractivity contribution is -0.123. The Hall–Kier alpha value is -2.48. The number of carbonyl (C=O) groups is 1. The van der Waals surface area contributed by atoms with E-state index in [1.807, 2.05) is 11.5 Å². The van der Waals surface area contributed by atoms with Gasteiger partial charge in [0.2, 0.25) is 5.91 Å². The Balaban J connectivity index is 1.60. The predicted octanol–water partition coefficient (Wildman–Crippen LogP) is 0.367. The molecule has 23 heavy (non-hydrogen) atoms. The third-order valence-electron chi connectivity index (χ3n) is 3.86. The molecule has 0 aliphatic carbocycles. The molecule has 2 aromatic heterocycles. The molecule has 2 aromatic rings. The highest BCUT2D eigenvalue weighted by molar-refractivity contribution is 5.76. The average molecular weight is 316 g/mol. The number of rotatable bonds is 5. The fourth-order valence-electron chi connectivity index (χ4n) is 2.60. The number of aromatic nitrogens is 4. The van der Waals surface area contributed by atoms with Crippen molar-refractivity contribution in [3.63, 3.8) is 0 Å². The molecular weight excluding hydrogens is 296 g/mol. The molecule has 2 N–H and O–H groups in total. The van der Waals surface area contributed by atoms with E-state index in [0.29, 0.717) is 13.2 Å². The van der Waals surface area contributed by atoms with Gasteiger partial charge in [0, 0.05) is 25.2 Å². The Morgan fingerprint density at radius 2 is 2.30 bits per heavy atom. The van der Waals surface area contributed by atoms with Crippen LogP contribution in [0.5, 0.6) is 0 Å². The van der Waals surface area contributed by atoms with Gasteiger partial charge < -0.3 is 19.9 Å². The minimum Gasteiger partial charge on any atom is -0.379 e. The van der Waals surface area contributed by atoms with Crippen LogP contribution in [0.2, 0.25) is 0 Å². The smallest absolute Gasteiger partial charge is 0.240 e. The van der Waals surface area contributed by atoms with Crippen molar-refractivity contribution >= 4 is 11.7 Å². The molecule has 8 nitrogen and oxygen atoms in total. The second-order valence-electron chi connectivity index (χ2n) is 5.49. The first-order chi connectivity index (χ1) is 11.2. The molecule has 8 heteroatoms. The Morgan fingerprint density at radius 3 is 3.04 bits per heavy atom. The first-order valence-corrected chi connectivity index (χ1v) is 7.60. The molecule has 2 atom stereocenters. The van der Waals surface area contributed by atoms with E-state index in [-0.39, 0.29) is 24.5 Å². The highest BCUT2D eigenvalue weighted by Gasteiger charge is 2.27. The molecule has 1 aliphatic heterocycles. The number of nitrogens with zero attached hydrogens (tertiary/aromatic N) is 4. The van der Waals surface area contributed by atoms with Crippen molar-refractivity contribution in [1.82, 2.24) is 24.8 Å². The number of anilines is 1. The zero-order chi connectivity index (χ0) is 16.1. The van der Waals surface area contributed by atoms with Crippen LogP contribution in [0.25, 0.3) is 0 Å². The molecule has 1 aliphatic rings. The number of imidazole rings is 1. The van der Waals surface area contributed by atoms with Gasteiger partial charge in [-0.05, 0) is 19.4 Å². The number of nitrogens with one attached hydrogen (secondary N) is 2. The Labute approximate surface area is 134 Å². The van der Waals surface area contributed by atoms with Gasteiger partial charge in [0.25, 0.3) is 0 Å². The zero-order valence-corrected chi connectivity index (χ0v) is 13.0. The van der Waals surface area contributed by atoms with Crippen LogP contribution < -0.4 is 10.6 Å². The highest BCUT2D eigenvalue weighted by Crippen LogP contribution is 2.13. The lowest BCUT2D eigenvalue weighted by atomic mass is 10.0. The number of hydrogen-bond acceptors (Lipinski definition) is 6. The summed E-state index contributed by atoms with van der Waals surface area (Å²) in [6.45, 7) is 3.31. The number of carbonyl (C=O) groups excluding carboxylic acids is 1. The van der Waals surface area contributed by atoms with Gasteiger partial charge in [-0.1, -0.05) is 0 Å². The van der Waals surface area contributed by atoms with E-state index in [2.05, 4.69) is 25.6 Å². The second-order valence-corrected chi connectivity index (χ2v) is 5.49. The average Bonchev–Trinajstić information content (AvgIpc) is 2.95. The quantitative estimate of drug-likeness (QED) is 0.827. The van der Waals surface area contributed by atoms with Gasteiger partial charge in [-0.3, -0.25) is 4.79 Å². The molecule has 0 spiro atoms. The van der Waals surface area contributed by atoms with Crippen molar-refractivity contribution in [2.24, 2.45) is 0 Å². The minimum absolute atomic E-state index is 0.00459. The first-order valence-electron chi connectivity index (χ1n) is 7.60. The van der Waals surface area contributed by atoms with Crippen molar-refractivity contribution in [3.8, 4) is 0 Å². The summed E-state index contributed by atoms with van der Waals surface area (Å²) < 4.78 is 7.34. The van der Waals surface area contributed by atoms with Crippen LogP contribution in [-0.4, -0.2) is 50.7 Å². The molecule has 3 rings (SSSR count). The van der Waals surface area contributed by atoms with E-state index in [0.717, 1.165) is 18.1 Å². The summed E-state index contributed by atoms with van der Waals surface area (Å²) in [4.78, 5) is 24.4. The molecule has 3 heterocycles. The third kappa shape index (κ3) is 4.04. The van der Waals surface area contributed by atoms with Gasteiger partial charge >= 0.3 is 0 Å². The fourth-order valence-corrected chi connectivity index (χ4v) is 2.60. The van der Waals surface area contributed by atoms with Crippen LogP contribution in [0.1, 0.15) is 12.2 Å². The molecule has 0 aromatic carbocycles. The van der Waals surface area contributed by atoms with E-state index in [9.17, 15) is 4.79 Å². The summed E-state index contributed by atoms with van der Waals surface area (Å²) in [6.07, 6.45) is 7.42. The van der Waals surface area contributed by atoms with Gasteiger partial charge in [0.05, 0.1) is 18.7 Å². The fraction of sp³-hybridized carbons (Fsp3) is 0.467. The van der Waals surface area contributed by atoms with Gasteiger partial charge in [-0.25, -0.2) is 15.0 Å². The van der Waals surface area contributed by atoms with Crippen molar-refractivity contribution in [3.05, 3.63) is 36.8 Å². The van der Waals surface area contributed by atoms with Crippen LogP contribution in [0, 0.1) is 6.92 Å². The van der Waals surface area contributed by atoms with Gasteiger partial charge in [-0.15, -0.1) is 0 Å². The number of ether oxygens (including phenoxy) is 1. The van der Waals surface area contributed by atoms with Crippen molar-refractivity contribution < 1.29 is 9.53 Å². The van der Waals surface area contributed by atoms with Crippen molar-refractivity contribution in [2.75, 3.05) is 18.5 Å². The van der Waals surface area contributed by atoms with Gasteiger partial charge in [0.15, 0.2) is 0 Å².